The van der Waals surface area contributed by atoms with Crippen LogP contribution in [0.4, 0.5) is 4.39 Å². The molecule has 0 aliphatic carbocycles. The standard InChI is InChI=1S/C21H26BrFN2O4/c1-12-10-15(23)14(22)11-13(12)16-17(29-19(27)20(2,3)4)21(24-18(16)26)6-8-25(28-5)9-7-21/h10-11H,6-9H2,1-5H3,(H,24,26). The number of benzene rings is 1. The predicted molar refractivity (Wildman–Crippen MR) is 110 cm³/mol. The number of hydrogen-bond donors (Lipinski definition) is 1. The lowest BCUT2D eigenvalue weighted by Crippen LogP contribution is -2.53. The van der Waals surface area contributed by atoms with Crippen molar-refractivity contribution in [1.29, 1.82) is 0 Å². The maximum atomic E-state index is 14.0. The van der Waals surface area contributed by atoms with Crippen molar-refractivity contribution in [2.45, 2.75) is 46.1 Å². The van der Waals surface area contributed by atoms with Gasteiger partial charge in [0.05, 0.1) is 22.6 Å². The second-order valence-corrected chi connectivity index (χ2v) is 9.43. The second kappa shape index (κ2) is 7.81. The molecule has 2 heterocycles. The van der Waals surface area contributed by atoms with E-state index in [1.807, 2.05) is 0 Å². The molecule has 0 atom stereocenters. The minimum absolute atomic E-state index is 0.245. The number of amides is 1. The third-order valence-electron chi connectivity index (χ3n) is 5.42. The fraction of sp³-hybridized carbons (Fsp3) is 0.524. The number of carbonyl (C=O) groups is 2. The fourth-order valence-electron chi connectivity index (χ4n) is 3.64. The van der Waals surface area contributed by atoms with Crippen molar-refractivity contribution in [3.05, 3.63) is 39.3 Å². The molecule has 29 heavy (non-hydrogen) atoms. The minimum Gasteiger partial charge on any atom is -0.427 e. The molecule has 3 rings (SSSR count). The van der Waals surface area contributed by atoms with E-state index < -0.39 is 22.7 Å². The van der Waals surface area contributed by atoms with Gasteiger partial charge in [-0.05, 0) is 79.7 Å². The molecule has 8 heteroatoms. The largest absolute Gasteiger partial charge is 0.427 e. The maximum Gasteiger partial charge on any atom is 0.316 e. The number of hydroxylamine groups is 2. The maximum absolute atomic E-state index is 14.0. The van der Waals surface area contributed by atoms with Gasteiger partial charge in [-0.15, -0.1) is 0 Å². The zero-order valence-corrected chi connectivity index (χ0v) is 18.9. The Balaban J connectivity index is 2.15. The number of halogens is 2. The van der Waals surface area contributed by atoms with Crippen LogP contribution in [0.1, 0.15) is 44.7 Å². The Labute approximate surface area is 178 Å². The first-order chi connectivity index (χ1) is 13.5. The van der Waals surface area contributed by atoms with E-state index in [1.165, 1.54) is 6.07 Å². The smallest absolute Gasteiger partial charge is 0.316 e. The molecule has 1 aromatic rings. The molecule has 158 valence electrons. The molecule has 0 radical (unpaired) electrons. The summed E-state index contributed by atoms with van der Waals surface area (Å²) in [5.74, 6) is -0.843. The zero-order valence-electron chi connectivity index (χ0n) is 17.3. The van der Waals surface area contributed by atoms with Gasteiger partial charge in [0.2, 0.25) is 0 Å². The van der Waals surface area contributed by atoms with E-state index >= 15 is 0 Å². The Bertz CT molecular complexity index is 883. The van der Waals surface area contributed by atoms with Gasteiger partial charge in [0.15, 0.2) is 0 Å². The first-order valence-electron chi connectivity index (χ1n) is 9.53. The van der Waals surface area contributed by atoms with Gasteiger partial charge in [0.1, 0.15) is 17.1 Å². The summed E-state index contributed by atoms with van der Waals surface area (Å²) in [6.45, 7) is 8.17. The molecule has 2 aliphatic rings. The molecule has 0 aromatic heterocycles. The molecule has 1 N–H and O–H groups in total. The van der Waals surface area contributed by atoms with Gasteiger partial charge >= 0.3 is 5.97 Å². The monoisotopic (exact) mass is 468 g/mol. The topological polar surface area (TPSA) is 67.9 Å². The number of carbonyl (C=O) groups excluding carboxylic acids is 2. The summed E-state index contributed by atoms with van der Waals surface area (Å²) in [5, 5.41) is 4.85. The highest BCUT2D eigenvalue weighted by molar-refractivity contribution is 9.10. The van der Waals surface area contributed by atoms with Crippen LogP contribution in [0.25, 0.3) is 5.57 Å². The summed E-state index contributed by atoms with van der Waals surface area (Å²) in [5.41, 5.74) is -0.122. The summed E-state index contributed by atoms with van der Waals surface area (Å²) in [6.07, 6.45) is 1.06. The summed E-state index contributed by atoms with van der Waals surface area (Å²) in [4.78, 5) is 31.1. The number of piperidine rings is 1. The molecule has 6 nitrogen and oxygen atoms in total. The van der Waals surface area contributed by atoms with E-state index in [0.717, 1.165) is 0 Å². The van der Waals surface area contributed by atoms with Crippen molar-refractivity contribution >= 4 is 33.4 Å². The molecule has 0 bridgehead atoms. The number of rotatable bonds is 3. The molecule has 0 unspecified atom stereocenters. The Morgan fingerprint density at radius 3 is 2.45 bits per heavy atom. The van der Waals surface area contributed by atoms with Gasteiger partial charge in [-0.2, -0.15) is 5.06 Å². The number of nitrogens with one attached hydrogen (secondary N) is 1. The summed E-state index contributed by atoms with van der Waals surface area (Å²) in [7, 11) is 1.60. The molecule has 1 saturated heterocycles. The number of esters is 1. The molecule has 0 saturated carbocycles. The average Bonchev–Trinajstić information content (AvgIpc) is 2.89. The van der Waals surface area contributed by atoms with Crippen molar-refractivity contribution in [2.24, 2.45) is 5.41 Å². The van der Waals surface area contributed by atoms with Gasteiger partial charge in [0, 0.05) is 13.1 Å². The quantitative estimate of drug-likeness (QED) is 0.684. The molecule has 1 aromatic carbocycles. The molecular weight excluding hydrogens is 443 g/mol. The van der Waals surface area contributed by atoms with Crippen LogP contribution in [-0.2, 0) is 19.2 Å². The van der Waals surface area contributed by atoms with Gasteiger partial charge < -0.3 is 14.9 Å². The van der Waals surface area contributed by atoms with Crippen LogP contribution in [0.2, 0.25) is 0 Å². The third kappa shape index (κ3) is 4.11. The van der Waals surface area contributed by atoms with Crippen LogP contribution in [0, 0.1) is 18.2 Å². The zero-order chi connectivity index (χ0) is 21.6. The first kappa shape index (κ1) is 21.9. The Kier molecular flexibility index (Phi) is 5.91. The fourth-order valence-corrected chi connectivity index (χ4v) is 3.98. The van der Waals surface area contributed by atoms with Crippen LogP contribution >= 0.6 is 15.9 Å². The van der Waals surface area contributed by atoms with Crippen molar-refractivity contribution in [3.63, 3.8) is 0 Å². The van der Waals surface area contributed by atoms with Crippen molar-refractivity contribution < 1.29 is 23.6 Å². The lowest BCUT2D eigenvalue weighted by Gasteiger charge is -2.39. The number of aryl methyl sites for hydroxylation is 1. The minimum atomic E-state index is -0.796. The van der Waals surface area contributed by atoms with E-state index in [1.54, 1.807) is 45.9 Å². The van der Waals surface area contributed by atoms with Gasteiger partial charge in [0.25, 0.3) is 5.91 Å². The van der Waals surface area contributed by atoms with E-state index in [4.69, 9.17) is 9.57 Å². The Hall–Kier alpha value is -1.77. The normalized spacial score (nSPS) is 19.6. The van der Waals surface area contributed by atoms with E-state index in [-0.39, 0.29) is 16.0 Å². The Morgan fingerprint density at radius 1 is 1.28 bits per heavy atom. The van der Waals surface area contributed by atoms with Crippen LogP contribution in [-0.4, -0.2) is 42.7 Å². The van der Waals surface area contributed by atoms with Gasteiger partial charge in [-0.1, -0.05) is 0 Å². The summed E-state index contributed by atoms with van der Waals surface area (Å²) >= 11 is 3.19. The lowest BCUT2D eigenvalue weighted by molar-refractivity contribution is -0.159. The van der Waals surface area contributed by atoms with Crippen molar-refractivity contribution in [2.75, 3.05) is 20.2 Å². The van der Waals surface area contributed by atoms with E-state index in [9.17, 15) is 14.0 Å². The highest BCUT2D eigenvalue weighted by Crippen LogP contribution is 2.43. The summed E-state index contributed by atoms with van der Waals surface area (Å²) in [6, 6.07) is 2.93. The molecule has 2 aliphatic heterocycles. The van der Waals surface area contributed by atoms with E-state index in [2.05, 4.69) is 21.2 Å². The molecular formula is C21H26BrFN2O4. The van der Waals surface area contributed by atoms with E-state index in [0.29, 0.717) is 42.8 Å². The number of nitrogens with zero attached hydrogens (tertiary/aromatic N) is 1. The van der Waals surface area contributed by atoms with Crippen LogP contribution in [0.5, 0.6) is 0 Å². The van der Waals surface area contributed by atoms with Gasteiger partial charge in [-0.3, -0.25) is 9.59 Å². The first-order valence-corrected chi connectivity index (χ1v) is 10.3. The summed E-state index contributed by atoms with van der Waals surface area (Å²) < 4.78 is 20.1. The van der Waals surface area contributed by atoms with Crippen molar-refractivity contribution in [1.82, 2.24) is 10.4 Å². The molecule has 1 spiro atoms. The lowest BCUT2D eigenvalue weighted by atomic mass is 9.85. The van der Waals surface area contributed by atoms with Crippen molar-refractivity contribution in [3.8, 4) is 0 Å². The van der Waals surface area contributed by atoms with Crippen LogP contribution in [0.15, 0.2) is 22.4 Å². The van der Waals surface area contributed by atoms with Crippen LogP contribution in [0.3, 0.4) is 0 Å². The average molecular weight is 469 g/mol. The van der Waals surface area contributed by atoms with Gasteiger partial charge in [-0.25, -0.2) is 4.39 Å². The SMILES string of the molecule is CON1CCC2(CC1)NC(=O)C(c1cc(Br)c(F)cc1C)=C2OC(=O)C(C)(C)C. The number of ether oxygens (including phenoxy) is 1. The third-order valence-corrected chi connectivity index (χ3v) is 6.03. The highest BCUT2D eigenvalue weighted by atomic mass is 79.9. The second-order valence-electron chi connectivity index (χ2n) is 8.57. The molecule has 1 amide bonds. The predicted octanol–water partition coefficient (Wildman–Crippen LogP) is 3.72. The Morgan fingerprint density at radius 2 is 1.90 bits per heavy atom. The molecule has 1 fully saturated rings. The van der Waals surface area contributed by atoms with Crippen LogP contribution < -0.4 is 5.32 Å². The highest BCUT2D eigenvalue weighted by Gasteiger charge is 2.50. The number of hydrogen-bond acceptors (Lipinski definition) is 5.